The fraction of sp³-hybridized carbons (Fsp3) is 0.500. The normalized spacial score (nSPS) is 45.6. The second-order valence-electron chi connectivity index (χ2n) is 4.70. The molecule has 1 fully saturated rings. The Labute approximate surface area is 110 Å². The number of carbonyl (C=O) groups is 2. The van der Waals surface area contributed by atoms with Crippen LogP contribution >= 0.6 is 31.9 Å². The van der Waals surface area contributed by atoms with E-state index in [9.17, 15) is 9.59 Å². The lowest BCUT2D eigenvalue weighted by molar-refractivity contribution is -0.131. The number of allylic oxidation sites excluding steroid dienone is 4. The molecule has 0 radical (unpaired) electrons. The molecular weight excluding hydrogens is 336 g/mol. The van der Waals surface area contributed by atoms with Gasteiger partial charge in [0.2, 0.25) is 0 Å². The van der Waals surface area contributed by atoms with E-state index in [0.29, 0.717) is 4.48 Å². The monoisotopic (exact) mass is 344 g/mol. The first-order valence-electron chi connectivity index (χ1n) is 5.38. The summed E-state index contributed by atoms with van der Waals surface area (Å²) in [5.74, 6) is 0.250. The van der Waals surface area contributed by atoms with E-state index >= 15 is 0 Å². The number of halogens is 2. The van der Waals surface area contributed by atoms with Crippen LogP contribution in [0.2, 0.25) is 0 Å². The first-order valence-corrected chi connectivity index (χ1v) is 6.97. The van der Waals surface area contributed by atoms with Crippen LogP contribution in [0, 0.1) is 17.8 Å². The summed E-state index contributed by atoms with van der Waals surface area (Å²) in [4.78, 5) is 24.3. The molecule has 2 nitrogen and oxygen atoms in total. The Morgan fingerprint density at radius 3 is 2.62 bits per heavy atom. The maximum atomic E-state index is 12.2. The quantitative estimate of drug-likeness (QED) is 0.499. The highest BCUT2D eigenvalue weighted by atomic mass is 79.9. The second kappa shape index (κ2) is 3.39. The molecule has 84 valence electrons. The highest BCUT2D eigenvalue weighted by Gasteiger charge is 2.59. The van der Waals surface area contributed by atoms with Gasteiger partial charge in [-0.1, -0.05) is 28.1 Å². The summed E-state index contributed by atoms with van der Waals surface area (Å²) in [5, 5.41) is 0. The van der Waals surface area contributed by atoms with Gasteiger partial charge in [0.15, 0.2) is 11.6 Å². The van der Waals surface area contributed by atoms with Gasteiger partial charge in [-0.3, -0.25) is 9.59 Å². The lowest BCUT2D eigenvalue weighted by atomic mass is 9.58. The third-order valence-electron chi connectivity index (χ3n) is 3.98. The summed E-state index contributed by atoms with van der Waals surface area (Å²) in [5.41, 5.74) is 0. The topological polar surface area (TPSA) is 34.1 Å². The highest BCUT2D eigenvalue weighted by molar-refractivity contribution is 9.12. The summed E-state index contributed by atoms with van der Waals surface area (Å²) >= 11 is 6.77. The summed E-state index contributed by atoms with van der Waals surface area (Å²) in [6.45, 7) is 0. The van der Waals surface area contributed by atoms with Crippen molar-refractivity contribution in [3.05, 3.63) is 22.7 Å². The number of hydrogen-bond acceptors (Lipinski definition) is 2. The number of ketones is 2. The van der Waals surface area contributed by atoms with Crippen LogP contribution in [-0.4, -0.2) is 15.9 Å². The van der Waals surface area contributed by atoms with E-state index in [1.807, 2.05) is 0 Å². The van der Waals surface area contributed by atoms with Gasteiger partial charge in [-0.2, -0.15) is 0 Å². The van der Waals surface area contributed by atoms with E-state index in [4.69, 9.17) is 0 Å². The van der Waals surface area contributed by atoms with Crippen LogP contribution in [0.4, 0.5) is 0 Å². The maximum absolute atomic E-state index is 12.2. The number of rotatable bonds is 0. The molecule has 4 rings (SSSR count). The molecular formula is C12H10Br2O2. The fourth-order valence-corrected chi connectivity index (χ4v) is 4.68. The standard InChI is InChI=1S/C12H10Br2O2/c13-8-5-9(15)12(14)7-3-1-6(2-4-7)10(12)11(8)16/h1,3,5-7,10H,2,4H2/t6-,7+,10-,12+/m1/s1. The fourth-order valence-electron chi connectivity index (χ4n) is 3.18. The van der Waals surface area contributed by atoms with E-state index in [-0.39, 0.29) is 29.3 Å². The van der Waals surface area contributed by atoms with Crippen LogP contribution in [0.5, 0.6) is 0 Å². The van der Waals surface area contributed by atoms with Gasteiger partial charge >= 0.3 is 0 Å². The molecule has 0 aromatic heterocycles. The average molecular weight is 346 g/mol. The molecule has 0 amide bonds. The number of Topliss-reactive ketones (excluding diaryl/α,β-unsaturated/α-hetero) is 1. The molecule has 0 spiro atoms. The number of alkyl halides is 1. The van der Waals surface area contributed by atoms with Crippen molar-refractivity contribution in [1.29, 1.82) is 0 Å². The smallest absolute Gasteiger partial charge is 0.175 e. The Kier molecular flexibility index (Phi) is 2.31. The largest absolute Gasteiger partial charge is 0.293 e. The molecule has 4 aliphatic rings. The van der Waals surface area contributed by atoms with E-state index in [1.54, 1.807) is 0 Å². The summed E-state index contributed by atoms with van der Waals surface area (Å²) in [6, 6.07) is 0. The molecule has 0 aromatic rings. The molecule has 16 heavy (non-hydrogen) atoms. The van der Waals surface area contributed by atoms with Gasteiger partial charge in [0, 0.05) is 12.0 Å². The van der Waals surface area contributed by atoms with Crippen LogP contribution in [0.3, 0.4) is 0 Å². The summed E-state index contributed by atoms with van der Waals surface area (Å²) in [6.07, 6.45) is 7.64. The number of fused-ring (bicyclic) bond motifs is 1. The highest BCUT2D eigenvalue weighted by Crippen LogP contribution is 2.55. The Morgan fingerprint density at radius 1 is 1.25 bits per heavy atom. The molecule has 0 unspecified atom stereocenters. The summed E-state index contributed by atoms with van der Waals surface area (Å²) in [7, 11) is 0. The zero-order chi connectivity index (χ0) is 11.5. The van der Waals surface area contributed by atoms with Gasteiger partial charge in [-0.15, -0.1) is 0 Å². The molecule has 1 saturated carbocycles. The van der Waals surface area contributed by atoms with Crippen molar-refractivity contribution in [1.82, 2.24) is 0 Å². The van der Waals surface area contributed by atoms with Crippen molar-refractivity contribution in [2.75, 3.05) is 0 Å². The van der Waals surface area contributed by atoms with E-state index in [2.05, 4.69) is 44.0 Å². The lowest BCUT2D eigenvalue weighted by Crippen LogP contribution is -2.58. The van der Waals surface area contributed by atoms with Crippen LogP contribution in [-0.2, 0) is 9.59 Å². The Bertz CT molecular complexity index is 452. The zero-order valence-electron chi connectivity index (χ0n) is 8.45. The first-order chi connectivity index (χ1) is 7.55. The molecule has 4 aliphatic carbocycles. The average Bonchev–Trinajstić information content (AvgIpc) is 2.28. The number of hydrogen-bond donors (Lipinski definition) is 0. The van der Waals surface area contributed by atoms with Gasteiger partial charge in [0.05, 0.1) is 10.4 Å². The van der Waals surface area contributed by atoms with Crippen molar-refractivity contribution < 1.29 is 9.59 Å². The third-order valence-corrected chi connectivity index (χ3v) is 6.07. The zero-order valence-corrected chi connectivity index (χ0v) is 11.6. The Balaban J connectivity index is 2.19. The van der Waals surface area contributed by atoms with E-state index < -0.39 is 4.32 Å². The molecule has 2 bridgehead atoms. The van der Waals surface area contributed by atoms with Crippen LogP contribution < -0.4 is 0 Å². The Morgan fingerprint density at radius 2 is 2.00 bits per heavy atom. The van der Waals surface area contributed by atoms with Crippen molar-refractivity contribution >= 4 is 43.4 Å². The predicted octanol–water partition coefficient (Wildman–Crippen LogP) is 2.76. The first kappa shape index (κ1) is 10.9. The predicted molar refractivity (Wildman–Crippen MR) is 67.5 cm³/mol. The van der Waals surface area contributed by atoms with E-state index in [1.165, 1.54) is 6.08 Å². The van der Waals surface area contributed by atoms with Gasteiger partial charge in [-0.05, 0) is 34.7 Å². The molecule has 0 saturated heterocycles. The lowest BCUT2D eigenvalue weighted by Gasteiger charge is -2.50. The van der Waals surface area contributed by atoms with Crippen LogP contribution in [0.15, 0.2) is 22.7 Å². The molecule has 0 aromatic carbocycles. The molecule has 4 atom stereocenters. The van der Waals surface area contributed by atoms with Gasteiger partial charge < -0.3 is 0 Å². The summed E-state index contributed by atoms with van der Waals surface area (Å²) < 4.78 is -0.238. The minimum absolute atomic E-state index is 0.0306. The molecule has 0 N–H and O–H groups in total. The second-order valence-corrected chi connectivity index (χ2v) is 6.87. The SMILES string of the molecule is O=C1C(Br)=CC(=O)[C@@]2(Br)[C@H]3C=C[C@H](CC3)[C@H]12. The van der Waals surface area contributed by atoms with Gasteiger partial charge in [-0.25, -0.2) is 0 Å². The van der Waals surface area contributed by atoms with Crippen molar-refractivity contribution in [2.45, 2.75) is 17.2 Å². The van der Waals surface area contributed by atoms with Gasteiger partial charge in [0.25, 0.3) is 0 Å². The van der Waals surface area contributed by atoms with Crippen molar-refractivity contribution in [3.63, 3.8) is 0 Å². The minimum atomic E-state index is -0.668. The Hall–Kier alpha value is -0.220. The molecule has 0 aliphatic heterocycles. The van der Waals surface area contributed by atoms with E-state index in [0.717, 1.165) is 12.8 Å². The molecule has 4 heteroatoms. The van der Waals surface area contributed by atoms with Gasteiger partial charge in [0.1, 0.15) is 4.32 Å². The maximum Gasteiger partial charge on any atom is 0.175 e. The van der Waals surface area contributed by atoms with Crippen LogP contribution in [0.25, 0.3) is 0 Å². The third kappa shape index (κ3) is 1.17. The van der Waals surface area contributed by atoms with Crippen molar-refractivity contribution in [2.24, 2.45) is 17.8 Å². The van der Waals surface area contributed by atoms with Crippen molar-refractivity contribution in [3.8, 4) is 0 Å². The number of carbonyl (C=O) groups excluding carboxylic acids is 2. The molecule has 0 heterocycles. The minimum Gasteiger partial charge on any atom is -0.293 e. The van der Waals surface area contributed by atoms with Crippen LogP contribution in [0.1, 0.15) is 12.8 Å².